The van der Waals surface area contributed by atoms with Gasteiger partial charge in [0.15, 0.2) is 5.82 Å². The van der Waals surface area contributed by atoms with E-state index in [9.17, 15) is 14.4 Å². The van der Waals surface area contributed by atoms with Gasteiger partial charge in [-0.1, -0.05) is 29.5 Å². The number of fused-ring (bicyclic) bond motifs is 2. The van der Waals surface area contributed by atoms with Crippen molar-refractivity contribution in [3.8, 4) is 17.1 Å². The summed E-state index contributed by atoms with van der Waals surface area (Å²) >= 11 is 1.08. The summed E-state index contributed by atoms with van der Waals surface area (Å²) in [4.78, 5) is 43.8. The van der Waals surface area contributed by atoms with E-state index < -0.39 is 17.4 Å². The van der Waals surface area contributed by atoms with E-state index in [0.717, 1.165) is 16.9 Å². The maximum absolute atomic E-state index is 13.1. The molecule has 0 fully saturated rings. The molecule has 2 aromatic heterocycles. The lowest BCUT2D eigenvalue weighted by Crippen LogP contribution is -2.37. The van der Waals surface area contributed by atoms with Crippen LogP contribution in [0.15, 0.2) is 53.3 Å². The molecule has 0 saturated carbocycles. The topological polar surface area (TPSA) is 120 Å². The fourth-order valence-corrected chi connectivity index (χ4v) is 4.56. The molecule has 1 aliphatic heterocycles. The van der Waals surface area contributed by atoms with Crippen LogP contribution in [0.4, 0.5) is 5.69 Å². The number of thiazole rings is 1. The second-order valence-corrected chi connectivity index (χ2v) is 7.82. The number of amides is 2. The molecular weight excluding hydrogens is 418 g/mol. The van der Waals surface area contributed by atoms with Gasteiger partial charge >= 0.3 is 0 Å². The van der Waals surface area contributed by atoms with Gasteiger partial charge in [-0.05, 0) is 30.3 Å². The first-order valence-corrected chi connectivity index (χ1v) is 10.1. The number of para-hydroxylation sites is 1. The number of ether oxygens (including phenoxy) is 1. The number of carbonyl (C=O) groups is 2. The summed E-state index contributed by atoms with van der Waals surface area (Å²) in [6.45, 7) is -0.268. The van der Waals surface area contributed by atoms with Crippen LogP contribution in [0, 0.1) is 0 Å². The van der Waals surface area contributed by atoms with Gasteiger partial charge in [-0.25, -0.2) is 0 Å². The number of methoxy groups -OCH3 is 1. The van der Waals surface area contributed by atoms with E-state index in [2.05, 4.69) is 10.1 Å². The number of nitrogens with two attached hydrogens (primary N) is 1. The number of hydrogen-bond acceptors (Lipinski definition) is 7. The third kappa shape index (κ3) is 2.96. The van der Waals surface area contributed by atoms with Crippen LogP contribution in [-0.4, -0.2) is 40.1 Å². The average molecular weight is 433 g/mol. The Kier molecular flexibility index (Phi) is 4.29. The molecule has 0 saturated heterocycles. The molecule has 0 aliphatic carbocycles. The molecule has 9 nitrogen and oxygen atoms in total. The number of nitrogens with zero attached hydrogens (tertiary/aromatic N) is 4. The molecule has 0 spiro atoms. The van der Waals surface area contributed by atoms with E-state index in [1.807, 2.05) is 0 Å². The Bertz CT molecular complexity index is 1470. The fraction of sp³-hybridized carbons (Fsp3) is 0.0952. The number of primary amides is 1. The van der Waals surface area contributed by atoms with Gasteiger partial charge in [-0.3, -0.25) is 19.3 Å². The van der Waals surface area contributed by atoms with E-state index in [0.29, 0.717) is 27.8 Å². The van der Waals surface area contributed by atoms with Crippen molar-refractivity contribution in [2.75, 3.05) is 18.6 Å². The quantitative estimate of drug-likeness (QED) is 0.503. The number of benzene rings is 2. The van der Waals surface area contributed by atoms with Crippen molar-refractivity contribution in [3.63, 3.8) is 0 Å². The van der Waals surface area contributed by atoms with Gasteiger partial charge in [0, 0.05) is 11.1 Å². The lowest BCUT2D eigenvalue weighted by molar-refractivity contribution is -0.119. The Morgan fingerprint density at radius 2 is 1.87 bits per heavy atom. The highest BCUT2D eigenvalue weighted by Gasteiger charge is 2.35. The summed E-state index contributed by atoms with van der Waals surface area (Å²) in [5, 5.41) is 4.33. The van der Waals surface area contributed by atoms with Crippen molar-refractivity contribution in [1.29, 1.82) is 0 Å². The van der Waals surface area contributed by atoms with Crippen LogP contribution in [0.3, 0.4) is 0 Å². The van der Waals surface area contributed by atoms with E-state index in [-0.39, 0.29) is 16.7 Å². The van der Waals surface area contributed by atoms with Gasteiger partial charge in [0.05, 0.1) is 18.4 Å². The SMILES string of the molecule is COc1ccc(-c2nc3s/c(=C4\C(=O)N(CC(N)=O)c5ccccc54)c(=O)n3n2)cc1. The summed E-state index contributed by atoms with van der Waals surface area (Å²) in [5.41, 5.74) is 6.95. The number of rotatable bonds is 4. The Labute approximate surface area is 179 Å². The summed E-state index contributed by atoms with van der Waals surface area (Å²) < 4.78 is 6.57. The summed E-state index contributed by atoms with van der Waals surface area (Å²) in [7, 11) is 1.58. The minimum Gasteiger partial charge on any atom is -0.497 e. The summed E-state index contributed by atoms with van der Waals surface area (Å²) in [5.74, 6) is 0.0125. The molecule has 0 radical (unpaired) electrons. The predicted molar refractivity (Wildman–Crippen MR) is 115 cm³/mol. The second kappa shape index (κ2) is 7.03. The molecule has 154 valence electrons. The zero-order chi connectivity index (χ0) is 21.7. The molecule has 0 bridgehead atoms. The van der Waals surface area contributed by atoms with Gasteiger partial charge in [0.1, 0.15) is 16.8 Å². The smallest absolute Gasteiger partial charge is 0.291 e. The first-order valence-electron chi connectivity index (χ1n) is 9.26. The normalized spacial score (nSPS) is 14.9. The number of aromatic nitrogens is 3. The van der Waals surface area contributed by atoms with Gasteiger partial charge < -0.3 is 10.5 Å². The zero-order valence-corrected chi connectivity index (χ0v) is 17.0. The largest absolute Gasteiger partial charge is 0.497 e. The van der Waals surface area contributed by atoms with Gasteiger partial charge in [-0.2, -0.15) is 9.50 Å². The molecule has 0 unspecified atom stereocenters. The second-order valence-electron chi connectivity index (χ2n) is 6.84. The van der Waals surface area contributed by atoms with Crippen LogP contribution < -0.4 is 25.5 Å². The number of anilines is 1. The van der Waals surface area contributed by atoms with Crippen molar-refractivity contribution in [3.05, 3.63) is 69.0 Å². The van der Waals surface area contributed by atoms with Crippen LogP contribution >= 0.6 is 11.3 Å². The van der Waals surface area contributed by atoms with Gasteiger partial charge in [-0.15, -0.1) is 5.10 Å². The average Bonchev–Trinajstić information content (AvgIpc) is 3.40. The van der Waals surface area contributed by atoms with Crippen LogP contribution in [0.25, 0.3) is 21.9 Å². The van der Waals surface area contributed by atoms with Crippen molar-refractivity contribution >= 4 is 39.4 Å². The third-order valence-electron chi connectivity index (χ3n) is 4.97. The highest BCUT2D eigenvalue weighted by atomic mass is 32.1. The van der Waals surface area contributed by atoms with E-state index in [1.165, 1.54) is 9.42 Å². The molecule has 5 rings (SSSR count). The minimum absolute atomic E-state index is 0.223. The summed E-state index contributed by atoms with van der Waals surface area (Å²) in [6, 6.07) is 14.1. The lowest BCUT2D eigenvalue weighted by atomic mass is 10.1. The standard InChI is InChI=1S/C21H15N5O4S/c1-30-12-8-6-11(7-9-12)18-23-21-26(24-18)20(29)17(31-21)16-13-4-2-3-5-14(13)25(19(16)28)10-15(22)27/h2-9H,10H2,1H3,(H2,22,27)/b17-16-. The first kappa shape index (κ1) is 18.9. The molecule has 2 amide bonds. The Balaban J connectivity index is 1.67. The molecule has 10 heteroatoms. The zero-order valence-electron chi connectivity index (χ0n) is 16.2. The maximum atomic E-state index is 13.1. The highest BCUT2D eigenvalue weighted by molar-refractivity contribution is 7.15. The Hall–Kier alpha value is -4.05. The monoisotopic (exact) mass is 433 g/mol. The molecule has 0 atom stereocenters. The van der Waals surface area contributed by atoms with Crippen LogP contribution in [0.1, 0.15) is 5.56 Å². The highest BCUT2D eigenvalue weighted by Crippen LogP contribution is 2.34. The van der Waals surface area contributed by atoms with Crippen molar-refractivity contribution in [2.24, 2.45) is 5.73 Å². The molecule has 3 heterocycles. The van der Waals surface area contributed by atoms with E-state index in [1.54, 1.807) is 55.6 Å². The van der Waals surface area contributed by atoms with E-state index in [4.69, 9.17) is 10.5 Å². The van der Waals surface area contributed by atoms with Crippen molar-refractivity contribution in [2.45, 2.75) is 0 Å². The van der Waals surface area contributed by atoms with Crippen LogP contribution in [0.5, 0.6) is 5.75 Å². The fourth-order valence-electron chi connectivity index (χ4n) is 3.56. The molecule has 2 aromatic carbocycles. The minimum atomic E-state index is -0.640. The maximum Gasteiger partial charge on any atom is 0.291 e. The van der Waals surface area contributed by atoms with Crippen LogP contribution in [0.2, 0.25) is 0 Å². The van der Waals surface area contributed by atoms with Crippen molar-refractivity contribution < 1.29 is 14.3 Å². The first-order chi connectivity index (χ1) is 15.0. The van der Waals surface area contributed by atoms with Gasteiger partial charge in [0.25, 0.3) is 11.5 Å². The van der Waals surface area contributed by atoms with Gasteiger partial charge in [0.2, 0.25) is 10.9 Å². The van der Waals surface area contributed by atoms with Crippen molar-refractivity contribution in [1.82, 2.24) is 14.6 Å². The molecule has 4 aromatic rings. The number of carbonyl (C=O) groups excluding carboxylic acids is 2. The third-order valence-corrected chi connectivity index (χ3v) is 6.00. The molecule has 1 aliphatic rings. The number of hydrogen-bond donors (Lipinski definition) is 1. The van der Waals surface area contributed by atoms with E-state index >= 15 is 0 Å². The predicted octanol–water partition coefficient (Wildman–Crippen LogP) is 0.576. The molecule has 2 N–H and O–H groups in total. The molecule has 31 heavy (non-hydrogen) atoms. The summed E-state index contributed by atoms with van der Waals surface area (Å²) in [6.07, 6.45) is 0. The van der Waals surface area contributed by atoms with Crippen LogP contribution in [-0.2, 0) is 9.59 Å². The Morgan fingerprint density at radius 3 is 2.55 bits per heavy atom. The molecular formula is C21H15N5O4S. The lowest BCUT2D eigenvalue weighted by Gasteiger charge is -2.14. The Morgan fingerprint density at radius 1 is 1.13 bits per heavy atom.